The van der Waals surface area contributed by atoms with Crippen LogP contribution in [-0.4, -0.2) is 4.98 Å². The van der Waals surface area contributed by atoms with Crippen LogP contribution in [-0.2, 0) is 0 Å². The fourth-order valence-corrected chi connectivity index (χ4v) is 0.867. The van der Waals surface area contributed by atoms with E-state index in [-0.39, 0.29) is 10.8 Å². The third kappa shape index (κ3) is 1.14. The average Bonchev–Trinajstić information content (AvgIpc) is 1.88. The van der Waals surface area contributed by atoms with Gasteiger partial charge < -0.3 is 0 Å². The van der Waals surface area contributed by atoms with Gasteiger partial charge in [-0.05, 0) is 23.7 Å². The number of rotatable bonds is 1. The number of hydrogen-bond donors (Lipinski definition) is 0. The predicted molar refractivity (Wildman–Crippen MR) is 39.4 cm³/mol. The first-order valence-corrected chi connectivity index (χ1v) is 3.08. The molecule has 1 aromatic heterocycles. The van der Waals surface area contributed by atoms with Crippen LogP contribution < -0.4 is 0 Å². The maximum Gasteiger partial charge on any atom is 0.158 e. The number of nitroso groups, excluding NO2 is 1. The molecule has 1 aromatic rings. The normalized spacial score (nSPS) is 9.40. The Labute approximate surface area is 63.0 Å². The van der Waals surface area contributed by atoms with E-state index in [2.05, 4.69) is 10.2 Å². The Morgan fingerprint density at radius 2 is 2.40 bits per heavy atom. The summed E-state index contributed by atoms with van der Waals surface area (Å²) < 4.78 is 0. The zero-order valence-corrected chi connectivity index (χ0v) is 6.09. The van der Waals surface area contributed by atoms with Crippen LogP contribution in [0, 0.1) is 11.8 Å². The van der Waals surface area contributed by atoms with Crippen LogP contribution >= 0.6 is 11.6 Å². The van der Waals surface area contributed by atoms with E-state index in [4.69, 9.17) is 11.6 Å². The second-order valence-electron chi connectivity index (χ2n) is 1.86. The minimum Gasteiger partial charge on any atom is -0.242 e. The average molecular weight is 157 g/mol. The summed E-state index contributed by atoms with van der Waals surface area (Å²) in [7, 11) is 0. The first kappa shape index (κ1) is 7.15. The van der Waals surface area contributed by atoms with Gasteiger partial charge in [0.25, 0.3) is 0 Å². The van der Waals surface area contributed by atoms with Gasteiger partial charge in [0, 0.05) is 6.20 Å². The van der Waals surface area contributed by atoms with Crippen molar-refractivity contribution in [1.29, 1.82) is 0 Å². The molecule has 0 unspecified atom stereocenters. The third-order valence-corrected chi connectivity index (χ3v) is 1.45. The number of pyridine rings is 1. The SMILES string of the molecule is Cc1ccnc(Cl)c1N=O. The van der Waals surface area contributed by atoms with Crippen LogP contribution in [0.15, 0.2) is 17.4 Å². The first-order valence-electron chi connectivity index (χ1n) is 2.70. The molecule has 0 fully saturated rings. The lowest BCUT2D eigenvalue weighted by atomic mass is 10.3. The molecule has 0 aliphatic rings. The van der Waals surface area contributed by atoms with E-state index >= 15 is 0 Å². The largest absolute Gasteiger partial charge is 0.242 e. The van der Waals surface area contributed by atoms with Crippen molar-refractivity contribution in [1.82, 2.24) is 4.98 Å². The maximum absolute atomic E-state index is 10.1. The molecule has 1 heterocycles. The van der Waals surface area contributed by atoms with E-state index in [0.717, 1.165) is 5.56 Å². The fraction of sp³-hybridized carbons (Fsp3) is 0.167. The highest BCUT2D eigenvalue weighted by Crippen LogP contribution is 2.24. The van der Waals surface area contributed by atoms with Crippen LogP contribution in [0.3, 0.4) is 0 Å². The second-order valence-corrected chi connectivity index (χ2v) is 2.22. The van der Waals surface area contributed by atoms with Gasteiger partial charge in [-0.2, -0.15) is 0 Å². The number of aromatic nitrogens is 1. The molecular formula is C6H5ClN2O. The number of halogens is 1. The summed E-state index contributed by atoms with van der Waals surface area (Å²) in [5.74, 6) is 0. The zero-order chi connectivity index (χ0) is 7.56. The second kappa shape index (κ2) is 2.75. The Morgan fingerprint density at radius 3 is 2.80 bits per heavy atom. The topological polar surface area (TPSA) is 42.3 Å². The zero-order valence-electron chi connectivity index (χ0n) is 5.34. The van der Waals surface area contributed by atoms with Gasteiger partial charge in [0.2, 0.25) is 0 Å². The van der Waals surface area contributed by atoms with E-state index in [0.29, 0.717) is 0 Å². The molecule has 0 spiro atoms. The van der Waals surface area contributed by atoms with E-state index in [9.17, 15) is 4.91 Å². The molecule has 10 heavy (non-hydrogen) atoms. The van der Waals surface area contributed by atoms with Crippen LogP contribution in [0.5, 0.6) is 0 Å². The molecule has 1 rings (SSSR count). The summed E-state index contributed by atoms with van der Waals surface area (Å²) in [6.45, 7) is 1.75. The van der Waals surface area contributed by atoms with Crippen LogP contribution in [0.4, 0.5) is 5.69 Å². The van der Waals surface area contributed by atoms with Crippen LogP contribution in [0.2, 0.25) is 5.15 Å². The van der Waals surface area contributed by atoms with Crippen molar-refractivity contribution in [2.45, 2.75) is 6.92 Å². The molecule has 0 aliphatic heterocycles. The van der Waals surface area contributed by atoms with Crippen molar-refractivity contribution >= 4 is 17.3 Å². The van der Waals surface area contributed by atoms with E-state index in [1.807, 2.05) is 0 Å². The molecule has 0 aromatic carbocycles. The molecular weight excluding hydrogens is 152 g/mol. The highest BCUT2D eigenvalue weighted by atomic mass is 35.5. The number of aryl methyl sites for hydroxylation is 1. The summed E-state index contributed by atoms with van der Waals surface area (Å²) in [5, 5.41) is 2.89. The summed E-state index contributed by atoms with van der Waals surface area (Å²) in [4.78, 5) is 13.8. The molecule has 0 saturated carbocycles. The summed E-state index contributed by atoms with van der Waals surface area (Å²) in [5.41, 5.74) is 0.971. The number of nitrogens with zero attached hydrogens (tertiary/aromatic N) is 2. The monoisotopic (exact) mass is 156 g/mol. The molecule has 0 aliphatic carbocycles. The fourth-order valence-electron chi connectivity index (χ4n) is 0.627. The van der Waals surface area contributed by atoms with Crippen molar-refractivity contribution < 1.29 is 0 Å². The quantitative estimate of drug-likeness (QED) is 0.463. The third-order valence-electron chi connectivity index (χ3n) is 1.17. The van der Waals surface area contributed by atoms with Gasteiger partial charge in [-0.1, -0.05) is 11.6 Å². The predicted octanol–water partition coefficient (Wildman–Crippen LogP) is 2.44. The first-order chi connectivity index (χ1) is 4.75. The smallest absolute Gasteiger partial charge is 0.158 e. The van der Waals surface area contributed by atoms with Crippen molar-refractivity contribution in [3.63, 3.8) is 0 Å². The van der Waals surface area contributed by atoms with Gasteiger partial charge in [-0.15, -0.1) is 4.91 Å². The van der Waals surface area contributed by atoms with Gasteiger partial charge >= 0.3 is 0 Å². The molecule has 0 radical (unpaired) electrons. The van der Waals surface area contributed by atoms with Crippen LogP contribution in [0.1, 0.15) is 5.56 Å². The Morgan fingerprint density at radius 1 is 1.70 bits per heavy atom. The summed E-state index contributed by atoms with van der Waals surface area (Å²) >= 11 is 5.52. The number of hydrogen-bond acceptors (Lipinski definition) is 3. The standard InChI is InChI=1S/C6H5ClN2O/c1-4-2-3-8-6(7)5(4)9-10/h2-3H,1H3. The molecule has 0 bridgehead atoms. The van der Waals surface area contributed by atoms with Gasteiger partial charge in [0.1, 0.15) is 5.69 Å². The van der Waals surface area contributed by atoms with Crippen molar-refractivity contribution in [2.24, 2.45) is 5.18 Å². The van der Waals surface area contributed by atoms with E-state index < -0.39 is 0 Å². The van der Waals surface area contributed by atoms with Gasteiger partial charge in [0.15, 0.2) is 5.15 Å². The lowest BCUT2D eigenvalue weighted by Gasteiger charge is -1.95. The van der Waals surface area contributed by atoms with Crippen molar-refractivity contribution in [3.8, 4) is 0 Å². The van der Waals surface area contributed by atoms with Gasteiger partial charge in [-0.25, -0.2) is 4.98 Å². The highest BCUT2D eigenvalue weighted by Gasteiger charge is 2.02. The Balaban J connectivity index is 3.30. The molecule has 3 nitrogen and oxygen atoms in total. The minimum atomic E-state index is 0.162. The van der Waals surface area contributed by atoms with Gasteiger partial charge in [0.05, 0.1) is 0 Å². The molecule has 0 atom stereocenters. The minimum absolute atomic E-state index is 0.162. The molecule has 0 amide bonds. The molecule has 52 valence electrons. The summed E-state index contributed by atoms with van der Waals surface area (Å²) in [6.07, 6.45) is 1.53. The molecule has 0 saturated heterocycles. The van der Waals surface area contributed by atoms with Crippen molar-refractivity contribution in [3.05, 3.63) is 27.9 Å². The summed E-state index contributed by atoms with van der Waals surface area (Å²) in [6, 6.07) is 1.68. The maximum atomic E-state index is 10.1. The van der Waals surface area contributed by atoms with Gasteiger partial charge in [-0.3, -0.25) is 0 Å². The van der Waals surface area contributed by atoms with E-state index in [1.54, 1.807) is 13.0 Å². The Kier molecular flexibility index (Phi) is 1.97. The van der Waals surface area contributed by atoms with Crippen molar-refractivity contribution in [2.75, 3.05) is 0 Å². The van der Waals surface area contributed by atoms with E-state index in [1.165, 1.54) is 6.20 Å². The van der Waals surface area contributed by atoms with Crippen LogP contribution in [0.25, 0.3) is 0 Å². The molecule has 0 N–H and O–H groups in total. The Hall–Kier alpha value is -0.960. The molecule has 4 heteroatoms. The highest BCUT2D eigenvalue weighted by molar-refractivity contribution is 6.31. The lowest BCUT2D eigenvalue weighted by Crippen LogP contribution is -1.78. The Bertz CT molecular complexity index is 242. The lowest BCUT2D eigenvalue weighted by molar-refractivity contribution is 1.25.